The molecule has 3 N–H and O–H groups in total. The summed E-state index contributed by atoms with van der Waals surface area (Å²) in [4.78, 5) is 15.8. The van der Waals surface area contributed by atoms with Crippen LogP contribution in [0, 0.1) is 0 Å². The van der Waals surface area contributed by atoms with E-state index < -0.39 is 10.0 Å². The van der Waals surface area contributed by atoms with Crippen molar-refractivity contribution in [2.24, 2.45) is 0 Å². The Kier molecular flexibility index (Phi) is 4.53. The van der Waals surface area contributed by atoms with Gasteiger partial charge in [-0.2, -0.15) is 0 Å². The molecule has 0 bridgehead atoms. The van der Waals surface area contributed by atoms with Crippen LogP contribution in [0.15, 0.2) is 29.2 Å². The quantitative estimate of drug-likeness (QED) is 0.717. The summed E-state index contributed by atoms with van der Waals surface area (Å²) in [5.41, 5.74) is 4.79. The van der Waals surface area contributed by atoms with Gasteiger partial charge in [-0.3, -0.25) is 4.79 Å². The van der Waals surface area contributed by atoms with Crippen LogP contribution in [0.2, 0.25) is 0 Å². The third kappa shape index (κ3) is 3.12. The van der Waals surface area contributed by atoms with Crippen molar-refractivity contribution >= 4 is 33.3 Å². The van der Waals surface area contributed by atoms with Crippen molar-refractivity contribution in [3.63, 3.8) is 0 Å². The first-order valence-electron chi connectivity index (χ1n) is 8.21. The molecule has 1 aliphatic heterocycles. The number of aromatic nitrogens is 1. The summed E-state index contributed by atoms with van der Waals surface area (Å²) in [5, 5.41) is 2.79. The van der Waals surface area contributed by atoms with Gasteiger partial charge < -0.3 is 10.3 Å². The van der Waals surface area contributed by atoms with Crippen LogP contribution in [0.1, 0.15) is 36.4 Å². The van der Waals surface area contributed by atoms with Gasteiger partial charge in [0.05, 0.1) is 10.5 Å². The summed E-state index contributed by atoms with van der Waals surface area (Å²) in [6.07, 6.45) is 3.52. The van der Waals surface area contributed by atoms with E-state index in [9.17, 15) is 13.2 Å². The Morgan fingerprint density at radius 1 is 1.16 bits per heavy atom. The predicted octanol–water partition coefficient (Wildman–Crippen LogP) is 2.54. The van der Waals surface area contributed by atoms with Gasteiger partial charge in [0.2, 0.25) is 10.0 Å². The number of H-pyrrole nitrogens is 1. The molecule has 7 heteroatoms. The minimum Gasteiger partial charge on any atom is -0.359 e. The number of nitrogens with one attached hydrogen (secondary N) is 3. The Hall–Kier alpha value is -2.38. The summed E-state index contributed by atoms with van der Waals surface area (Å²) in [6, 6.07) is 6.72. The van der Waals surface area contributed by atoms with E-state index in [2.05, 4.69) is 34.9 Å². The average molecular weight is 359 g/mol. The number of anilines is 1. The van der Waals surface area contributed by atoms with Crippen LogP contribution in [0.3, 0.4) is 0 Å². The number of carbonyl (C=O) groups is 1. The van der Waals surface area contributed by atoms with Crippen LogP contribution in [0.25, 0.3) is 11.6 Å². The number of sulfonamides is 1. The maximum absolute atomic E-state index is 12.4. The second-order valence-corrected chi connectivity index (χ2v) is 7.75. The molecule has 2 aromatic rings. The highest BCUT2D eigenvalue weighted by Gasteiger charge is 2.26. The van der Waals surface area contributed by atoms with Gasteiger partial charge >= 0.3 is 0 Å². The summed E-state index contributed by atoms with van der Waals surface area (Å²) >= 11 is 0. The fourth-order valence-electron chi connectivity index (χ4n) is 2.93. The Bertz CT molecular complexity index is 971. The number of aromatic amines is 1. The second kappa shape index (κ2) is 6.50. The average Bonchev–Trinajstić information content (AvgIpc) is 3.15. The monoisotopic (exact) mass is 359 g/mol. The minimum atomic E-state index is -3.57. The maximum Gasteiger partial charge on any atom is 0.256 e. The van der Waals surface area contributed by atoms with Gasteiger partial charge in [0.25, 0.3) is 5.91 Å². The van der Waals surface area contributed by atoms with Crippen molar-refractivity contribution < 1.29 is 13.2 Å². The number of benzene rings is 1. The van der Waals surface area contributed by atoms with Crippen LogP contribution in [0.5, 0.6) is 0 Å². The normalized spacial score (nSPS) is 15.5. The van der Waals surface area contributed by atoms with E-state index in [0.717, 1.165) is 29.8 Å². The molecule has 132 valence electrons. The Morgan fingerprint density at radius 3 is 2.56 bits per heavy atom. The van der Waals surface area contributed by atoms with Crippen LogP contribution >= 0.6 is 0 Å². The summed E-state index contributed by atoms with van der Waals surface area (Å²) in [5.74, 6) is -0.233. The highest BCUT2D eigenvalue weighted by atomic mass is 32.2. The van der Waals surface area contributed by atoms with Gasteiger partial charge in [0.1, 0.15) is 0 Å². The van der Waals surface area contributed by atoms with Gasteiger partial charge in [0.15, 0.2) is 0 Å². The van der Waals surface area contributed by atoms with E-state index in [1.807, 2.05) is 0 Å². The lowest BCUT2D eigenvalue weighted by molar-refractivity contribution is -0.110. The molecule has 0 atom stereocenters. The van der Waals surface area contributed by atoms with E-state index in [1.54, 1.807) is 12.1 Å². The number of hydrogen-bond donors (Lipinski definition) is 3. The van der Waals surface area contributed by atoms with E-state index in [1.165, 1.54) is 19.2 Å². The number of hydrogen-bond acceptors (Lipinski definition) is 3. The van der Waals surface area contributed by atoms with Crippen molar-refractivity contribution in [2.45, 2.75) is 31.6 Å². The van der Waals surface area contributed by atoms with E-state index in [0.29, 0.717) is 16.8 Å². The van der Waals surface area contributed by atoms with Gasteiger partial charge in [-0.05, 0) is 55.8 Å². The number of amides is 1. The first-order chi connectivity index (χ1) is 11.9. The Labute approximate surface area is 147 Å². The molecule has 25 heavy (non-hydrogen) atoms. The first kappa shape index (κ1) is 17.4. The van der Waals surface area contributed by atoms with Gasteiger partial charge in [-0.15, -0.1) is 0 Å². The molecule has 6 nitrogen and oxygen atoms in total. The van der Waals surface area contributed by atoms with Crippen molar-refractivity contribution in [3.05, 3.63) is 46.8 Å². The molecule has 0 radical (unpaired) electrons. The molecule has 3 rings (SSSR count). The Morgan fingerprint density at radius 2 is 1.92 bits per heavy atom. The minimum absolute atomic E-state index is 0.132. The zero-order chi connectivity index (χ0) is 18.2. The van der Waals surface area contributed by atoms with E-state index in [-0.39, 0.29) is 10.8 Å². The molecule has 1 aromatic carbocycles. The summed E-state index contributed by atoms with van der Waals surface area (Å²) in [7, 11) is -2.21. The third-order valence-corrected chi connectivity index (χ3v) is 5.81. The third-order valence-electron chi connectivity index (χ3n) is 4.39. The lowest BCUT2D eigenvalue weighted by atomic mass is 10.0. The van der Waals surface area contributed by atoms with Gasteiger partial charge in [-0.1, -0.05) is 13.8 Å². The van der Waals surface area contributed by atoms with Crippen LogP contribution in [-0.4, -0.2) is 26.4 Å². The fourth-order valence-corrected chi connectivity index (χ4v) is 3.68. The van der Waals surface area contributed by atoms with Crippen LogP contribution < -0.4 is 10.0 Å². The largest absolute Gasteiger partial charge is 0.359 e. The number of rotatable bonds is 5. The number of fused-ring (bicyclic) bond motifs is 1. The number of aryl methyl sites for hydroxylation is 2. The van der Waals surface area contributed by atoms with Crippen molar-refractivity contribution in [3.8, 4) is 0 Å². The molecule has 0 spiro atoms. The molecule has 0 fully saturated rings. The van der Waals surface area contributed by atoms with Crippen molar-refractivity contribution in [1.29, 1.82) is 0 Å². The zero-order valence-corrected chi connectivity index (χ0v) is 15.3. The van der Waals surface area contributed by atoms with Gasteiger partial charge in [-0.25, -0.2) is 13.1 Å². The maximum atomic E-state index is 12.4. The molecule has 1 amide bonds. The first-order valence-corrected chi connectivity index (χ1v) is 9.69. The summed E-state index contributed by atoms with van der Waals surface area (Å²) in [6.45, 7) is 4.12. The lowest BCUT2D eigenvalue weighted by Gasteiger charge is -2.05. The smallest absolute Gasteiger partial charge is 0.256 e. The van der Waals surface area contributed by atoms with E-state index >= 15 is 0 Å². The van der Waals surface area contributed by atoms with Gasteiger partial charge in [0, 0.05) is 22.6 Å². The molecule has 0 saturated heterocycles. The summed E-state index contributed by atoms with van der Waals surface area (Å²) < 4.78 is 26.4. The SMILES string of the molecule is CCc1cc(CC)c(C=C2C(=O)Nc3ccc(S(=O)(=O)NC)cc32)[nH]1. The van der Waals surface area contributed by atoms with Crippen LogP contribution in [0.4, 0.5) is 5.69 Å². The molecule has 1 aliphatic rings. The molecule has 0 unspecified atom stereocenters. The second-order valence-electron chi connectivity index (χ2n) is 5.87. The van der Waals surface area contributed by atoms with Crippen LogP contribution in [-0.2, 0) is 27.7 Å². The number of carbonyl (C=O) groups excluding carboxylic acids is 1. The zero-order valence-electron chi connectivity index (χ0n) is 14.4. The molecule has 2 heterocycles. The topological polar surface area (TPSA) is 91.1 Å². The van der Waals surface area contributed by atoms with Crippen molar-refractivity contribution in [2.75, 3.05) is 12.4 Å². The van der Waals surface area contributed by atoms with E-state index in [4.69, 9.17) is 0 Å². The molecule has 1 aromatic heterocycles. The highest BCUT2D eigenvalue weighted by Crippen LogP contribution is 2.35. The standard InChI is InChI=1S/C18H21N3O3S/c1-4-11-8-12(5-2)20-17(11)10-15-14-9-13(25(23,24)19-3)6-7-16(14)21-18(15)22/h6-10,19-20H,4-5H2,1-3H3,(H,21,22). The molecular weight excluding hydrogens is 338 g/mol. The predicted molar refractivity (Wildman–Crippen MR) is 98.7 cm³/mol. The molecule has 0 aliphatic carbocycles. The van der Waals surface area contributed by atoms with Crippen molar-refractivity contribution in [1.82, 2.24) is 9.71 Å². The molecular formula is C18H21N3O3S. The fraction of sp³-hybridized carbons (Fsp3) is 0.278. The molecule has 0 saturated carbocycles. The highest BCUT2D eigenvalue weighted by molar-refractivity contribution is 7.89. The Balaban J connectivity index is 2.13. The lowest BCUT2D eigenvalue weighted by Crippen LogP contribution is -2.18.